The van der Waals surface area contributed by atoms with Crippen LogP contribution in [-0.4, -0.2) is 57.4 Å². The van der Waals surface area contributed by atoms with Crippen molar-refractivity contribution in [3.63, 3.8) is 0 Å². The monoisotopic (exact) mass is 595 g/mol. The number of nitrogens with zero attached hydrogens (tertiary/aromatic N) is 3. The van der Waals surface area contributed by atoms with Crippen LogP contribution in [0.25, 0.3) is 11.0 Å². The van der Waals surface area contributed by atoms with Crippen LogP contribution in [0.1, 0.15) is 41.0 Å². The second kappa shape index (κ2) is 12.3. The lowest BCUT2D eigenvalue weighted by Gasteiger charge is -2.32. The Morgan fingerprint density at radius 2 is 1.88 bits per heavy atom. The Labute approximate surface area is 248 Å². The van der Waals surface area contributed by atoms with Crippen molar-refractivity contribution in [3.8, 4) is 11.5 Å². The first kappa shape index (κ1) is 27.8. The number of hydrogen-bond donors (Lipinski definition) is 1. The highest BCUT2D eigenvalue weighted by Crippen LogP contribution is 2.29. The molecular formula is C31H31Cl2N3O5. The van der Waals surface area contributed by atoms with Crippen LogP contribution in [0.5, 0.6) is 11.5 Å². The van der Waals surface area contributed by atoms with Crippen molar-refractivity contribution >= 4 is 40.2 Å². The Kier molecular flexibility index (Phi) is 8.35. The van der Waals surface area contributed by atoms with E-state index in [0.717, 1.165) is 67.1 Å². The molecule has 0 aliphatic carbocycles. The van der Waals surface area contributed by atoms with Crippen molar-refractivity contribution in [1.82, 2.24) is 14.5 Å². The Balaban J connectivity index is 1.06. The highest BCUT2D eigenvalue weighted by Gasteiger charge is 2.26. The van der Waals surface area contributed by atoms with Gasteiger partial charge in [0.2, 0.25) is 0 Å². The number of carbonyl (C=O) groups is 1. The largest absolute Gasteiger partial charge is 0.490 e. The molecule has 41 heavy (non-hydrogen) atoms. The predicted octanol–water partition coefficient (Wildman–Crippen LogP) is 6.45. The van der Waals surface area contributed by atoms with Gasteiger partial charge in [-0.15, -0.1) is 0 Å². The van der Waals surface area contributed by atoms with E-state index in [0.29, 0.717) is 35.5 Å². The highest BCUT2D eigenvalue weighted by atomic mass is 35.5. The summed E-state index contributed by atoms with van der Waals surface area (Å²) in [6.45, 7) is 4.28. The van der Waals surface area contributed by atoms with Crippen molar-refractivity contribution in [1.29, 1.82) is 0 Å². The number of carboxylic acids is 1. The summed E-state index contributed by atoms with van der Waals surface area (Å²) in [7, 11) is 0. The zero-order chi connectivity index (χ0) is 28.3. The minimum atomic E-state index is -0.938. The maximum Gasteiger partial charge on any atom is 0.335 e. The van der Waals surface area contributed by atoms with E-state index in [-0.39, 0.29) is 17.8 Å². The van der Waals surface area contributed by atoms with Crippen molar-refractivity contribution in [2.24, 2.45) is 0 Å². The first-order valence-electron chi connectivity index (χ1n) is 13.8. The smallest absolute Gasteiger partial charge is 0.335 e. The lowest BCUT2D eigenvalue weighted by molar-refractivity contribution is -0.0592. The maximum atomic E-state index is 11.6. The molecule has 4 aromatic rings. The number of likely N-dealkylation sites (tertiary alicyclic amines) is 1. The van der Waals surface area contributed by atoms with Crippen LogP contribution in [0.3, 0.4) is 0 Å². The van der Waals surface area contributed by atoms with E-state index in [1.165, 1.54) is 0 Å². The Bertz CT molecular complexity index is 1550. The summed E-state index contributed by atoms with van der Waals surface area (Å²) in [5, 5.41) is 10.5. The van der Waals surface area contributed by atoms with Gasteiger partial charge in [-0.1, -0.05) is 35.3 Å². The standard InChI is InChI=1S/C31H31Cl2N3O5/c32-22-5-7-29(26(33)16-22)40-19-20-2-1-3-24(14-20)41-23-8-11-35(12-9-23)18-30-34-27-6-4-21(31(37)38)15-28(27)36(30)17-25-10-13-39-25/h1-7,14-16,23,25H,8-13,17-19H2,(H,37,38)/t25-/m0/s1. The summed E-state index contributed by atoms with van der Waals surface area (Å²) in [6, 6.07) is 18.3. The maximum absolute atomic E-state index is 11.6. The molecule has 0 saturated carbocycles. The number of imidazole rings is 1. The molecule has 10 heteroatoms. The van der Waals surface area contributed by atoms with Crippen molar-refractivity contribution in [2.45, 2.75) is 51.2 Å². The normalized spacial score (nSPS) is 17.9. The molecule has 3 heterocycles. The van der Waals surface area contributed by atoms with Crippen LogP contribution >= 0.6 is 23.2 Å². The molecule has 3 aromatic carbocycles. The van der Waals surface area contributed by atoms with Crippen LogP contribution in [0.4, 0.5) is 0 Å². The fraction of sp³-hybridized carbons (Fsp3) is 0.355. The Morgan fingerprint density at radius 1 is 1.05 bits per heavy atom. The number of halogens is 2. The lowest BCUT2D eigenvalue weighted by Crippen LogP contribution is -2.39. The number of benzene rings is 3. The third kappa shape index (κ3) is 6.62. The molecular weight excluding hydrogens is 565 g/mol. The molecule has 2 aliphatic heterocycles. The second-order valence-electron chi connectivity index (χ2n) is 10.5. The molecule has 1 N–H and O–H groups in total. The fourth-order valence-corrected chi connectivity index (χ4v) is 5.76. The van der Waals surface area contributed by atoms with E-state index in [9.17, 15) is 9.90 Å². The zero-order valence-electron chi connectivity index (χ0n) is 22.5. The number of piperidine rings is 1. The van der Waals surface area contributed by atoms with Gasteiger partial charge >= 0.3 is 5.97 Å². The van der Waals surface area contributed by atoms with E-state index in [2.05, 4.69) is 9.47 Å². The quantitative estimate of drug-likeness (QED) is 0.225. The number of fused-ring (bicyclic) bond motifs is 1. The molecule has 0 unspecified atom stereocenters. The summed E-state index contributed by atoms with van der Waals surface area (Å²) in [6.07, 6.45) is 3.06. The van der Waals surface area contributed by atoms with E-state index in [4.69, 9.17) is 42.4 Å². The first-order chi connectivity index (χ1) is 19.9. The minimum absolute atomic E-state index is 0.119. The van der Waals surface area contributed by atoms with E-state index in [1.807, 2.05) is 24.3 Å². The summed E-state index contributed by atoms with van der Waals surface area (Å²) in [5.41, 5.74) is 2.91. The number of hydrogen-bond acceptors (Lipinski definition) is 6. The van der Waals surface area contributed by atoms with Crippen LogP contribution < -0.4 is 9.47 Å². The molecule has 2 aliphatic rings. The third-order valence-electron chi connectivity index (χ3n) is 7.64. The average molecular weight is 597 g/mol. The molecule has 2 fully saturated rings. The molecule has 0 radical (unpaired) electrons. The first-order valence-corrected chi connectivity index (χ1v) is 14.6. The van der Waals surface area contributed by atoms with Gasteiger partial charge in [-0.2, -0.15) is 0 Å². The Hall–Kier alpha value is -3.30. The topological polar surface area (TPSA) is 86.0 Å². The van der Waals surface area contributed by atoms with Gasteiger partial charge in [0, 0.05) is 24.7 Å². The van der Waals surface area contributed by atoms with E-state index in [1.54, 1.807) is 36.4 Å². The highest BCUT2D eigenvalue weighted by molar-refractivity contribution is 6.35. The number of carboxylic acid groups (broad SMARTS) is 1. The summed E-state index contributed by atoms with van der Waals surface area (Å²) >= 11 is 12.2. The van der Waals surface area contributed by atoms with Gasteiger partial charge in [0.05, 0.1) is 40.8 Å². The second-order valence-corrected chi connectivity index (χ2v) is 11.4. The van der Waals surface area contributed by atoms with E-state index < -0.39 is 5.97 Å². The van der Waals surface area contributed by atoms with Crippen LogP contribution in [0.15, 0.2) is 60.7 Å². The van der Waals surface area contributed by atoms with Gasteiger partial charge in [0.1, 0.15) is 30.0 Å². The SMILES string of the molecule is O=C(O)c1ccc2nc(CN3CCC(Oc4cccc(COc5ccc(Cl)cc5Cl)c4)CC3)n(C[C@@H]3CCO3)c2c1. The van der Waals surface area contributed by atoms with Crippen molar-refractivity contribution in [3.05, 3.63) is 87.7 Å². The van der Waals surface area contributed by atoms with Gasteiger partial charge in [-0.3, -0.25) is 4.90 Å². The number of rotatable bonds is 10. The molecule has 214 valence electrons. The van der Waals surface area contributed by atoms with Gasteiger partial charge in [-0.25, -0.2) is 9.78 Å². The van der Waals surface area contributed by atoms with E-state index >= 15 is 0 Å². The fourth-order valence-electron chi connectivity index (χ4n) is 5.30. The zero-order valence-corrected chi connectivity index (χ0v) is 24.0. The number of aromatic nitrogens is 2. The summed E-state index contributed by atoms with van der Waals surface area (Å²) in [5.74, 6) is 1.41. The molecule has 0 bridgehead atoms. The van der Waals surface area contributed by atoms with Gasteiger partial charge in [0.15, 0.2) is 0 Å². The van der Waals surface area contributed by atoms with Crippen LogP contribution in [0.2, 0.25) is 10.0 Å². The molecule has 6 rings (SSSR count). The summed E-state index contributed by atoms with van der Waals surface area (Å²) < 4.78 is 20.1. The summed E-state index contributed by atoms with van der Waals surface area (Å²) in [4.78, 5) is 18.8. The third-order valence-corrected chi connectivity index (χ3v) is 8.17. The molecule has 0 amide bonds. The van der Waals surface area contributed by atoms with Gasteiger partial charge in [0.25, 0.3) is 0 Å². The van der Waals surface area contributed by atoms with Crippen molar-refractivity contribution in [2.75, 3.05) is 19.7 Å². The lowest BCUT2D eigenvalue weighted by atomic mass is 10.1. The molecule has 1 aromatic heterocycles. The number of aromatic carboxylic acids is 1. The molecule has 2 saturated heterocycles. The van der Waals surface area contributed by atoms with Crippen LogP contribution in [0, 0.1) is 0 Å². The Morgan fingerprint density at radius 3 is 2.61 bits per heavy atom. The van der Waals surface area contributed by atoms with Gasteiger partial charge in [-0.05, 0) is 73.4 Å². The predicted molar refractivity (Wildman–Crippen MR) is 157 cm³/mol. The minimum Gasteiger partial charge on any atom is -0.490 e. The van der Waals surface area contributed by atoms with Gasteiger partial charge < -0.3 is 23.9 Å². The average Bonchev–Trinajstić information content (AvgIpc) is 3.27. The molecule has 8 nitrogen and oxygen atoms in total. The number of ether oxygens (including phenoxy) is 3. The molecule has 1 atom stereocenters. The van der Waals surface area contributed by atoms with Crippen LogP contribution in [-0.2, 0) is 24.4 Å². The van der Waals surface area contributed by atoms with Crippen molar-refractivity contribution < 1.29 is 24.1 Å². The molecule has 0 spiro atoms.